The van der Waals surface area contributed by atoms with Crippen molar-refractivity contribution in [3.8, 4) is 5.69 Å². The Morgan fingerprint density at radius 1 is 1.11 bits per heavy atom. The van der Waals surface area contributed by atoms with Crippen molar-refractivity contribution in [1.82, 2.24) is 34.3 Å². The van der Waals surface area contributed by atoms with Gasteiger partial charge in [0, 0.05) is 44.8 Å². The van der Waals surface area contributed by atoms with Crippen LogP contribution < -0.4 is 5.32 Å². The fourth-order valence-corrected chi connectivity index (χ4v) is 3.28. The van der Waals surface area contributed by atoms with Crippen LogP contribution in [0.15, 0.2) is 49.1 Å². The number of hydrogen-bond acceptors (Lipinski definition) is 5. The highest BCUT2D eigenvalue weighted by Crippen LogP contribution is 2.23. The highest BCUT2D eigenvalue weighted by atomic mass is 16.2. The molecule has 3 aromatic rings. The molecule has 2 amide bonds. The van der Waals surface area contributed by atoms with Gasteiger partial charge in [-0.15, -0.1) is 5.10 Å². The summed E-state index contributed by atoms with van der Waals surface area (Å²) in [6, 6.07) is 7.49. The van der Waals surface area contributed by atoms with Gasteiger partial charge in [0.1, 0.15) is 5.82 Å². The first-order valence-electron chi connectivity index (χ1n) is 8.82. The van der Waals surface area contributed by atoms with Crippen molar-refractivity contribution >= 4 is 11.7 Å². The van der Waals surface area contributed by atoms with E-state index in [9.17, 15) is 4.79 Å². The molecule has 0 aliphatic carbocycles. The van der Waals surface area contributed by atoms with Gasteiger partial charge in [-0.1, -0.05) is 5.21 Å². The molecule has 1 aliphatic heterocycles. The van der Waals surface area contributed by atoms with Crippen molar-refractivity contribution in [2.24, 2.45) is 7.05 Å². The summed E-state index contributed by atoms with van der Waals surface area (Å²) in [5.41, 5.74) is 1.64. The van der Waals surface area contributed by atoms with Gasteiger partial charge in [0.05, 0.1) is 24.1 Å². The molecule has 1 aromatic carbocycles. The Kier molecular flexibility index (Phi) is 4.59. The van der Waals surface area contributed by atoms with Crippen LogP contribution in [0.25, 0.3) is 5.69 Å². The van der Waals surface area contributed by atoms with E-state index in [4.69, 9.17) is 0 Å². The molecule has 2 aromatic heterocycles. The fraction of sp³-hybridized carbons (Fsp3) is 0.333. The van der Waals surface area contributed by atoms with E-state index in [1.54, 1.807) is 23.3 Å². The number of likely N-dealkylation sites (N-methyl/N-ethyl adjacent to an activating group) is 1. The standard InChI is InChI=1S/C18H22N8O/c1-23-11-12-25(13-16(23)17-19-7-9-24(17)2)18(27)21-14-3-5-15(6-4-14)26-10-8-20-22-26/h3-10,16H,11-13H2,1-2H3,(H,21,27). The predicted octanol–water partition coefficient (Wildman–Crippen LogP) is 1.52. The first-order valence-corrected chi connectivity index (χ1v) is 8.82. The smallest absolute Gasteiger partial charge is 0.321 e. The molecule has 3 heterocycles. The van der Waals surface area contributed by atoms with Crippen molar-refractivity contribution < 1.29 is 4.79 Å². The Morgan fingerprint density at radius 2 is 1.93 bits per heavy atom. The van der Waals surface area contributed by atoms with Gasteiger partial charge in [-0.2, -0.15) is 0 Å². The molecule has 0 saturated carbocycles. The van der Waals surface area contributed by atoms with Crippen molar-refractivity contribution in [2.45, 2.75) is 6.04 Å². The fourth-order valence-electron chi connectivity index (χ4n) is 3.28. The normalized spacial score (nSPS) is 17.9. The lowest BCUT2D eigenvalue weighted by Crippen LogP contribution is -2.50. The van der Waals surface area contributed by atoms with E-state index in [1.807, 2.05) is 47.0 Å². The van der Waals surface area contributed by atoms with Gasteiger partial charge in [-0.25, -0.2) is 14.5 Å². The molecular weight excluding hydrogens is 344 g/mol. The number of hydrogen-bond donors (Lipinski definition) is 1. The molecule has 27 heavy (non-hydrogen) atoms. The third kappa shape index (κ3) is 3.54. The first kappa shape index (κ1) is 17.2. The molecule has 4 rings (SSSR count). The number of aromatic nitrogens is 5. The SMILES string of the molecule is CN1CCN(C(=O)Nc2ccc(-n3ccnn3)cc2)CC1c1nccn1C. The van der Waals surface area contributed by atoms with Crippen LogP contribution >= 0.6 is 0 Å². The summed E-state index contributed by atoms with van der Waals surface area (Å²) >= 11 is 0. The zero-order valence-electron chi connectivity index (χ0n) is 15.4. The van der Waals surface area contributed by atoms with Gasteiger partial charge in [0.25, 0.3) is 0 Å². The number of aryl methyl sites for hydroxylation is 1. The van der Waals surface area contributed by atoms with Crippen LogP contribution in [0.4, 0.5) is 10.5 Å². The molecule has 9 heteroatoms. The van der Waals surface area contributed by atoms with E-state index >= 15 is 0 Å². The number of benzene rings is 1. The Labute approximate surface area is 157 Å². The zero-order valence-corrected chi connectivity index (χ0v) is 15.4. The predicted molar refractivity (Wildman–Crippen MR) is 101 cm³/mol. The Balaban J connectivity index is 1.43. The Bertz CT molecular complexity index is 902. The number of urea groups is 1. The highest BCUT2D eigenvalue weighted by Gasteiger charge is 2.30. The van der Waals surface area contributed by atoms with Crippen LogP contribution in [0.1, 0.15) is 11.9 Å². The molecule has 1 unspecified atom stereocenters. The number of carbonyl (C=O) groups excluding carboxylic acids is 1. The number of anilines is 1. The first-order chi connectivity index (χ1) is 13.1. The van der Waals surface area contributed by atoms with E-state index in [-0.39, 0.29) is 12.1 Å². The molecule has 1 saturated heterocycles. The number of imidazole rings is 1. The molecule has 9 nitrogen and oxygen atoms in total. The molecular formula is C18H22N8O. The van der Waals surface area contributed by atoms with Gasteiger partial charge < -0.3 is 14.8 Å². The van der Waals surface area contributed by atoms with Gasteiger partial charge in [0.15, 0.2) is 0 Å². The second-order valence-corrected chi connectivity index (χ2v) is 6.66. The minimum Gasteiger partial charge on any atom is -0.337 e. The molecule has 1 fully saturated rings. The van der Waals surface area contributed by atoms with E-state index in [0.717, 1.165) is 23.7 Å². The van der Waals surface area contributed by atoms with Crippen LogP contribution in [-0.4, -0.2) is 67.1 Å². The second kappa shape index (κ2) is 7.20. The third-order valence-corrected chi connectivity index (χ3v) is 4.90. The lowest BCUT2D eigenvalue weighted by molar-refractivity contribution is 0.110. The average Bonchev–Trinajstić information content (AvgIpc) is 3.35. The molecule has 0 bridgehead atoms. The topological polar surface area (TPSA) is 84.1 Å². The van der Waals surface area contributed by atoms with E-state index in [1.165, 1.54) is 0 Å². The number of rotatable bonds is 3. The second-order valence-electron chi connectivity index (χ2n) is 6.66. The van der Waals surface area contributed by atoms with Crippen LogP contribution in [-0.2, 0) is 7.05 Å². The number of nitrogens with zero attached hydrogens (tertiary/aromatic N) is 7. The number of amides is 2. The summed E-state index contributed by atoms with van der Waals surface area (Å²) in [4.78, 5) is 21.3. The maximum Gasteiger partial charge on any atom is 0.321 e. The molecule has 0 radical (unpaired) electrons. The van der Waals surface area contributed by atoms with Crippen molar-refractivity contribution in [3.05, 3.63) is 54.9 Å². The quantitative estimate of drug-likeness (QED) is 0.760. The molecule has 1 N–H and O–H groups in total. The third-order valence-electron chi connectivity index (χ3n) is 4.90. The molecule has 1 aliphatic rings. The maximum atomic E-state index is 12.7. The average molecular weight is 366 g/mol. The minimum atomic E-state index is -0.101. The largest absolute Gasteiger partial charge is 0.337 e. The highest BCUT2D eigenvalue weighted by molar-refractivity contribution is 5.89. The summed E-state index contributed by atoms with van der Waals surface area (Å²) in [7, 11) is 4.04. The van der Waals surface area contributed by atoms with Gasteiger partial charge in [0.2, 0.25) is 0 Å². The molecule has 140 valence electrons. The minimum absolute atomic E-state index is 0.0826. The summed E-state index contributed by atoms with van der Waals surface area (Å²) in [6.45, 7) is 2.08. The van der Waals surface area contributed by atoms with Crippen LogP contribution in [0.3, 0.4) is 0 Å². The van der Waals surface area contributed by atoms with Gasteiger partial charge in [-0.3, -0.25) is 4.90 Å². The number of nitrogens with one attached hydrogen (secondary N) is 1. The number of piperazine rings is 1. The summed E-state index contributed by atoms with van der Waals surface area (Å²) in [5.74, 6) is 0.965. The maximum absolute atomic E-state index is 12.7. The lowest BCUT2D eigenvalue weighted by Gasteiger charge is -2.38. The van der Waals surface area contributed by atoms with Crippen LogP contribution in [0.5, 0.6) is 0 Å². The molecule has 0 spiro atoms. The Hall–Kier alpha value is -3.20. The monoisotopic (exact) mass is 366 g/mol. The Morgan fingerprint density at radius 3 is 2.59 bits per heavy atom. The molecule has 1 atom stereocenters. The van der Waals surface area contributed by atoms with E-state index in [0.29, 0.717) is 13.1 Å². The van der Waals surface area contributed by atoms with E-state index in [2.05, 4.69) is 32.6 Å². The summed E-state index contributed by atoms with van der Waals surface area (Å²) < 4.78 is 3.68. The van der Waals surface area contributed by atoms with Crippen LogP contribution in [0.2, 0.25) is 0 Å². The van der Waals surface area contributed by atoms with Crippen molar-refractivity contribution in [2.75, 3.05) is 32.0 Å². The van der Waals surface area contributed by atoms with E-state index < -0.39 is 0 Å². The van der Waals surface area contributed by atoms with Crippen LogP contribution in [0, 0.1) is 0 Å². The van der Waals surface area contributed by atoms with Crippen molar-refractivity contribution in [3.63, 3.8) is 0 Å². The number of carbonyl (C=O) groups is 1. The van der Waals surface area contributed by atoms with Crippen molar-refractivity contribution in [1.29, 1.82) is 0 Å². The van der Waals surface area contributed by atoms with Gasteiger partial charge >= 0.3 is 6.03 Å². The summed E-state index contributed by atoms with van der Waals surface area (Å²) in [6.07, 6.45) is 7.12. The summed E-state index contributed by atoms with van der Waals surface area (Å²) in [5, 5.41) is 10.7. The lowest BCUT2D eigenvalue weighted by atomic mass is 10.1. The zero-order chi connectivity index (χ0) is 18.8. The van der Waals surface area contributed by atoms with Gasteiger partial charge in [-0.05, 0) is 31.3 Å².